The van der Waals surface area contributed by atoms with E-state index in [1.807, 2.05) is 11.3 Å². The first kappa shape index (κ1) is 15.7. The van der Waals surface area contributed by atoms with Gasteiger partial charge in [-0.3, -0.25) is 0 Å². The zero-order valence-electron chi connectivity index (χ0n) is 13.3. The monoisotopic (exact) mass is 297 g/mol. The van der Waals surface area contributed by atoms with E-state index in [9.17, 15) is 0 Å². The Hall–Kier alpha value is -0.650. The summed E-state index contributed by atoms with van der Waals surface area (Å²) in [7, 11) is 2.14. The largest absolute Gasteiger partial charge is 0.379 e. The molecule has 1 aromatic heterocycles. The lowest BCUT2D eigenvalue weighted by Gasteiger charge is -2.22. The predicted octanol–water partition coefficient (Wildman–Crippen LogP) is 2.82. The van der Waals surface area contributed by atoms with Crippen LogP contribution in [0.25, 0.3) is 0 Å². The predicted molar refractivity (Wildman–Crippen MR) is 85.7 cm³/mol. The lowest BCUT2D eigenvalue weighted by Crippen LogP contribution is -2.35. The van der Waals surface area contributed by atoms with E-state index in [0.717, 1.165) is 37.7 Å². The molecule has 2 rings (SSSR count). The Balaban J connectivity index is 2.09. The maximum atomic E-state index is 5.48. The SMILES string of the molecule is CCc1nc(N(C)C2CCOC2)sc1CNC(C)(C)C. The molecule has 1 aromatic rings. The minimum absolute atomic E-state index is 0.139. The lowest BCUT2D eigenvalue weighted by atomic mass is 10.1. The minimum atomic E-state index is 0.139. The summed E-state index contributed by atoms with van der Waals surface area (Å²) in [6.45, 7) is 11.4. The fraction of sp³-hybridized carbons (Fsp3) is 0.800. The standard InChI is InChI=1S/C15H27N3OS/c1-6-12-13(9-16-15(2,3)4)20-14(17-12)18(5)11-7-8-19-10-11/h11,16H,6-10H2,1-5H3. The lowest BCUT2D eigenvalue weighted by molar-refractivity contribution is 0.193. The van der Waals surface area contributed by atoms with Crippen molar-refractivity contribution in [2.45, 2.75) is 58.7 Å². The van der Waals surface area contributed by atoms with Crippen LogP contribution in [0.1, 0.15) is 44.7 Å². The molecule has 1 saturated heterocycles. The summed E-state index contributed by atoms with van der Waals surface area (Å²) in [5.41, 5.74) is 1.37. The number of thiazole rings is 1. The zero-order valence-corrected chi connectivity index (χ0v) is 14.1. The first-order valence-electron chi connectivity index (χ1n) is 7.45. The van der Waals surface area contributed by atoms with Crippen molar-refractivity contribution in [2.75, 3.05) is 25.2 Å². The molecule has 20 heavy (non-hydrogen) atoms. The van der Waals surface area contributed by atoms with Gasteiger partial charge < -0.3 is 15.0 Å². The summed E-state index contributed by atoms with van der Waals surface area (Å²) in [5, 5.41) is 4.69. The molecule has 2 heterocycles. The Bertz CT molecular complexity index is 433. The molecule has 1 aliphatic rings. The summed E-state index contributed by atoms with van der Waals surface area (Å²) in [5.74, 6) is 0. The first-order chi connectivity index (χ1) is 9.40. The summed E-state index contributed by atoms with van der Waals surface area (Å²) in [6.07, 6.45) is 2.10. The van der Waals surface area contributed by atoms with Crippen LogP contribution in [0.4, 0.5) is 5.13 Å². The van der Waals surface area contributed by atoms with Crippen molar-refractivity contribution in [1.82, 2.24) is 10.3 Å². The second-order valence-corrected chi connectivity index (χ2v) is 7.51. The van der Waals surface area contributed by atoms with Gasteiger partial charge in [-0.05, 0) is 33.6 Å². The van der Waals surface area contributed by atoms with Crippen LogP contribution in [0.5, 0.6) is 0 Å². The van der Waals surface area contributed by atoms with E-state index in [1.54, 1.807) is 0 Å². The molecule has 0 spiro atoms. The van der Waals surface area contributed by atoms with Crippen LogP contribution in [0.3, 0.4) is 0 Å². The maximum Gasteiger partial charge on any atom is 0.185 e. The number of aryl methyl sites for hydroxylation is 1. The Morgan fingerprint density at radius 3 is 2.75 bits per heavy atom. The molecule has 1 aliphatic heterocycles. The number of aromatic nitrogens is 1. The summed E-state index contributed by atoms with van der Waals surface area (Å²) in [4.78, 5) is 8.48. The number of likely N-dealkylation sites (N-methyl/N-ethyl adjacent to an activating group) is 1. The van der Waals surface area contributed by atoms with Gasteiger partial charge in [0.15, 0.2) is 5.13 Å². The first-order valence-corrected chi connectivity index (χ1v) is 8.26. The smallest absolute Gasteiger partial charge is 0.185 e. The van der Waals surface area contributed by atoms with E-state index in [-0.39, 0.29) is 5.54 Å². The van der Waals surface area contributed by atoms with Crippen molar-refractivity contribution in [1.29, 1.82) is 0 Å². The van der Waals surface area contributed by atoms with E-state index in [2.05, 4.69) is 45.0 Å². The van der Waals surface area contributed by atoms with Gasteiger partial charge in [0.25, 0.3) is 0 Å². The molecular weight excluding hydrogens is 270 g/mol. The average Bonchev–Trinajstić information content (AvgIpc) is 3.03. The average molecular weight is 297 g/mol. The summed E-state index contributed by atoms with van der Waals surface area (Å²) in [6, 6.07) is 0.481. The quantitative estimate of drug-likeness (QED) is 0.907. The van der Waals surface area contributed by atoms with Crippen molar-refractivity contribution in [3.8, 4) is 0 Å². The number of nitrogens with zero attached hydrogens (tertiary/aromatic N) is 2. The van der Waals surface area contributed by atoms with Crippen molar-refractivity contribution >= 4 is 16.5 Å². The highest BCUT2D eigenvalue weighted by Crippen LogP contribution is 2.29. The van der Waals surface area contributed by atoms with E-state index in [1.165, 1.54) is 10.6 Å². The molecule has 1 atom stereocenters. The van der Waals surface area contributed by atoms with Gasteiger partial charge in [-0.2, -0.15) is 0 Å². The van der Waals surface area contributed by atoms with Gasteiger partial charge in [-0.1, -0.05) is 6.92 Å². The van der Waals surface area contributed by atoms with Crippen molar-refractivity contribution < 1.29 is 4.74 Å². The second kappa shape index (κ2) is 6.41. The third kappa shape index (κ3) is 3.93. The number of hydrogen-bond donors (Lipinski definition) is 1. The summed E-state index contributed by atoms with van der Waals surface area (Å²) >= 11 is 1.82. The van der Waals surface area contributed by atoms with Crippen molar-refractivity contribution in [3.05, 3.63) is 10.6 Å². The Morgan fingerprint density at radius 1 is 1.45 bits per heavy atom. The van der Waals surface area contributed by atoms with Crippen LogP contribution in [0.15, 0.2) is 0 Å². The van der Waals surface area contributed by atoms with Crippen molar-refractivity contribution in [2.24, 2.45) is 0 Å². The highest BCUT2D eigenvalue weighted by atomic mass is 32.1. The fourth-order valence-electron chi connectivity index (χ4n) is 2.26. The Labute approximate surface area is 126 Å². The minimum Gasteiger partial charge on any atom is -0.379 e. The third-order valence-corrected chi connectivity index (χ3v) is 4.82. The van der Waals surface area contributed by atoms with Gasteiger partial charge in [-0.15, -0.1) is 11.3 Å². The molecule has 0 aromatic carbocycles. The fourth-order valence-corrected chi connectivity index (χ4v) is 3.39. The number of rotatable bonds is 5. The molecule has 114 valence electrons. The second-order valence-electron chi connectivity index (χ2n) is 6.45. The van der Waals surface area contributed by atoms with Gasteiger partial charge in [-0.25, -0.2) is 4.98 Å². The Morgan fingerprint density at radius 2 is 2.20 bits per heavy atom. The number of nitrogens with one attached hydrogen (secondary N) is 1. The summed E-state index contributed by atoms with van der Waals surface area (Å²) < 4.78 is 5.48. The number of ether oxygens (including phenoxy) is 1. The van der Waals surface area contributed by atoms with Crippen LogP contribution in [-0.4, -0.2) is 36.8 Å². The molecule has 0 bridgehead atoms. The van der Waals surface area contributed by atoms with Gasteiger partial charge in [0.1, 0.15) is 0 Å². The molecule has 1 unspecified atom stereocenters. The number of hydrogen-bond acceptors (Lipinski definition) is 5. The topological polar surface area (TPSA) is 37.4 Å². The Kier molecular flexibility index (Phi) is 5.04. The molecule has 1 N–H and O–H groups in total. The van der Waals surface area contributed by atoms with E-state index in [4.69, 9.17) is 9.72 Å². The molecule has 1 fully saturated rings. The van der Waals surface area contributed by atoms with Gasteiger partial charge in [0, 0.05) is 30.6 Å². The third-order valence-electron chi connectivity index (χ3n) is 3.64. The molecule has 0 radical (unpaired) electrons. The van der Waals surface area contributed by atoms with E-state index >= 15 is 0 Å². The van der Waals surface area contributed by atoms with Gasteiger partial charge in [0.2, 0.25) is 0 Å². The van der Waals surface area contributed by atoms with Gasteiger partial charge in [0.05, 0.1) is 18.3 Å². The van der Waals surface area contributed by atoms with E-state index in [0.29, 0.717) is 6.04 Å². The molecule has 0 amide bonds. The van der Waals surface area contributed by atoms with Crippen LogP contribution < -0.4 is 10.2 Å². The maximum absolute atomic E-state index is 5.48. The molecule has 4 nitrogen and oxygen atoms in total. The molecular formula is C15H27N3OS. The number of anilines is 1. The highest BCUT2D eigenvalue weighted by Gasteiger charge is 2.24. The van der Waals surface area contributed by atoms with Gasteiger partial charge >= 0.3 is 0 Å². The molecule has 0 aliphatic carbocycles. The van der Waals surface area contributed by atoms with E-state index < -0.39 is 0 Å². The van der Waals surface area contributed by atoms with Crippen LogP contribution in [0, 0.1) is 0 Å². The molecule has 0 saturated carbocycles. The zero-order chi connectivity index (χ0) is 14.8. The highest BCUT2D eigenvalue weighted by molar-refractivity contribution is 7.15. The van der Waals surface area contributed by atoms with Crippen molar-refractivity contribution in [3.63, 3.8) is 0 Å². The molecule has 5 heteroatoms. The van der Waals surface area contributed by atoms with Crippen LogP contribution in [0.2, 0.25) is 0 Å². The van der Waals surface area contributed by atoms with Crippen LogP contribution >= 0.6 is 11.3 Å². The van der Waals surface area contributed by atoms with Crippen LogP contribution in [-0.2, 0) is 17.7 Å². The normalized spacial score (nSPS) is 19.6.